The lowest BCUT2D eigenvalue weighted by atomic mass is 9.95. The van der Waals surface area contributed by atoms with Crippen LogP contribution in [0.4, 0.5) is 0 Å². The van der Waals surface area contributed by atoms with Crippen molar-refractivity contribution < 1.29 is 5.48 Å². The highest BCUT2D eigenvalue weighted by Gasteiger charge is 2.01. The van der Waals surface area contributed by atoms with Gasteiger partial charge in [-0.15, -0.1) is 0 Å². The minimum atomic E-state index is 0. The number of allylic oxidation sites excluding steroid dienone is 2. The molecule has 2 N–H and O–H groups in total. The van der Waals surface area contributed by atoms with Gasteiger partial charge in [-0.25, -0.2) is 0 Å². The van der Waals surface area contributed by atoms with Gasteiger partial charge in [0.05, 0.1) is 0 Å². The second-order valence-electron chi connectivity index (χ2n) is 2.51. The number of hydrogen-bond donors (Lipinski definition) is 0. The summed E-state index contributed by atoms with van der Waals surface area (Å²) in [5, 5.41) is 0. The van der Waals surface area contributed by atoms with Crippen molar-refractivity contribution in [3.05, 3.63) is 11.6 Å². The molecule has 1 saturated carbocycles. The first-order valence-electron chi connectivity index (χ1n) is 3.57. The van der Waals surface area contributed by atoms with Crippen LogP contribution in [0.15, 0.2) is 11.6 Å². The maximum Gasteiger partial charge on any atom is -0.0320 e. The molecule has 1 rings (SSSR count). The summed E-state index contributed by atoms with van der Waals surface area (Å²) in [5.74, 6) is 0. The van der Waals surface area contributed by atoms with Gasteiger partial charge in [-0.1, -0.05) is 18.1 Å². The van der Waals surface area contributed by atoms with E-state index in [0.29, 0.717) is 0 Å². The zero-order valence-corrected chi connectivity index (χ0v) is 6.11. The third-order valence-electron chi connectivity index (χ3n) is 1.90. The van der Waals surface area contributed by atoms with Crippen LogP contribution < -0.4 is 0 Å². The van der Waals surface area contributed by atoms with Gasteiger partial charge in [-0.2, -0.15) is 0 Å². The zero-order chi connectivity index (χ0) is 5.82. The molecule has 0 aromatic rings. The quantitative estimate of drug-likeness (QED) is 0.447. The van der Waals surface area contributed by atoms with E-state index in [1.807, 2.05) is 0 Å². The molecule has 0 saturated heterocycles. The summed E-state index contributed by atoms with van der Waals surface area (Å²) in [7, 11) is 0. The lowest BCUT2D eigenvalue weighted by Crippen LogP contribution is -1.91. The minimum absolute atomic E-state index is 0. The molecule has 9 heavy (non-hydrogen) atoms. The van der Waals surface area contributed by atoms with Crippen molar-refractivity contribution in [2.75, 3.05) is 0 Å². The van der Waals surface area contributed by atoms with Crippen LogP contribution in [0.5, 0.6) is 0 Å². The van der Waals surface area contributed by atoms with Crippen LogP contribution in [0, 0.1) is 0 Å². The molecule has 0 heterocycles. The van der Waals surface area contributed by atoms with Crippen molar-refractivity contribution >= 4 is 0 Å². The van der Waals surface area contributed by atoms with E-state index in [4.69, 9.17) is 0 Å². The Balaban J connectivity index is 0.000000640. The van der Waals surface area contributed by atoms with Crippen LogP contribution in [-0.2, 0) is 0 Å². The molecule has 0 bridgehead atoms. The van der Waals surface area contributed by atoms with Crippen LogP contribution in [-0.4, -0.2) is 5.48 Å². The molecule has 0 aliphatic heterocycles. The predicted octanol–water partition coefficient (Wildman–Crippen LogP) is 2.07. The molecule has 0 atom stereocenters. The molecule has 1 aliphatic rings. The molecule has 1 nitrogen and oxygen atoms in total. The topological polar surface area (TPSA) is 31.5 Å². The maximum absolute atomic E-state index is 2.28. The van der Waals surface area contributed by atoms with E-state index in [9.17, 15) is 0 Å². The van der Waals surface area contributed by atoms with Crippen molar-refractivity contribution in [1.82, 2.24) is 0 Å². The van der Waals surface area contributed by atoms with Gasteiger partial charge in [-0.05, 0) is 32.6 Å². The fourth-order valence-electron chi connectivity index (χ4n) is 1.29. The van der Waals surface area contributed by atoms with Gasteiger partial charge in [-0.3, -0.25) is 0 Å². The molecule has 0 aromatic carbocycles. The van der Waals surface area contributed by atoms with Crippen LogP contribution in [0.25, 0.3) is 0 Å². The largest absolute Gasteiger partial charge is 0.412 e. The van der Waals surface area contributed by atoms with Crippen molar-refractivity contribution in [3.8, 4) is 0 Å². The average Bonchev–Trinajstić information content (AvgIpc) is 1.90. The highest BCUT2D eigenvalue weighted by atomic mass is 16.0. The Morgan fingerprint density at radius 3 is 2.00 bits per heavy atom. The average molecular weight is 128 g/mol. The van der Waals surface area contributed by atoms with Gasteiger partial charge in [0, 0.05) is 0 Å². The first-order chi connectivity index (χ1) is 3.93. The fraction of sp³-hybridized carbons (Fsp3) is 0.750. The van der Waals surface area contributed by atoms with Crippen molar-refractivity contribution in [1.29, 1.82) is 0 Å². The molecule has 0 radical (unpaired) electrons. The number of hydrogen-bond acceptors (Lipinski definition) is 0. The first-order valence-corrected chi connectivity index (χ1v) is 3.57. The van der Waals surface area contributed by atoms with E-state index < -0.39 is 0 Å². The summed E-state index contributed by atoms with van der Waals surface area (Å²) >= 11 is 0. The molecular formula is C8H16O. The Kier molecular flexibility index (Phi) is 4.41. The smallest absolute Gasteiger partial charge is 0.0320 e. The third-order valence-corrected chi connectivity index (χ3v) is 1.90. The maximum atomic E-state index is 2.28. The number of rotatable bonds is 0. The summed E-state index contributed by atoms with van der Waals surface area (Å²) in [6.45, 7) is 2.15. The lowest BCUT2D eigenvalue weighted by molar-refractivity contribution is 0.598. The van der Waals surface area contributed by atoms with Crippen molar-refractivity contribution in [2.24, 2.45) is 0 Å². The zero-order valence-electron chi connectivity index (χ0n) is 6.11. The predicted molar refractivity (Wildman–Crippen MR) is 40.5 cm³/mol. The van der Waals surface area contributed by atoms with Crippen LogP contribution in [0.3, 0.4) is 0 Å². The summed E-state index contributed by atoms with van der Waals surface area (Å²) in [4.78, 5) is 0. The van der Waals surface area contributed by atoms with Gasteiger partial charge in [0.1, 0.15) is 0 Å². The van der Waals surface area contributed by atoms with Gasteiger partial charge in [0.25, 0.3) is 0 Å². The van der Waals surface area contributed by atoms with Crippen LogP contribution in [0.2, 0.25) is 0 Å². The second kappa shape index (κ2) is 4.57. The van der Waals surface area contributed by atoms with Gasteiger partial charge >= 0.3 is 0 Å². The standard InChI is InChI=1S/C8H14.H2O/c1-2-8-6-4-3-5-7-8;/h2H,3-7H2,1H3;1H2. The highest BCUT2D eigenvalue weighted by Crippen LogP contribution is 2.21. The third kappa shape index (κ3) is 2.66. The Labute approximate surface area is 57.1 Å². The van der Waals surface area contributed by atoms with Crippen LogP contribution >= 0.6 is 0 Å². The van der Waals surface area contributed by atoms with Crippen molar-refractivity contribution in [3.63, 3.8) is 0 Å². The highest BCUT2D eigenvalue weighted by molar-refractivity contribution is 5.01. The Bertz CT molecular complexity index is 86.7. The monoisotopic (exact) mass is 128 g/mol. The molecular weight excluding hydrogens is 112 g/mol. The summed E-state index contributed by atoms with van der Waals surface area (Å²) in [6, 6.07) is 0. The molecule has 54 valence electrons. The van der Waals surface area contributed by atoms with E-state index >= 15 is 0 Å². The second-order valence-corrected chi connectivity index (χ2v) is 2.51. The fourth-order valence-corrected chi connectivity index (χ4v) is 1.29. The SMILES string of the molecule is CC=C1CCCCC1.O. The molecule has 0 spiro atoms. The molecule has 1 heteroatoms. The van der Waals surface area contributed by atoms with E-state index in [0.717, 1.165) is 0 Å². The van der Waals surface area contributed by atoms with E-state index in [-0.39, 0.29) is 5.48 Å². The molecule has 1 aliphatic carbocycles. The van der Waals surface area contributed by atoms with E-state index in [2.05, 4.69) is 13.0 Å². The van der Waals surface area contributed by atoms with Crippen molar-refractivity contribution in [2.45, 2.75) is 39.0 Å². The molecule has 0 aromatic heterocycles. The normalized spacial score (nSPS) is 18.6. The first kappa shape index (κ1) is 8.70. The molecule has 0 amide bonds. The molecule has 1 fully saturated rings. The Morgan fingerprint density at radius 2 is 1.67 bits per heavy atom. The Hall–Kier alpha value is -0.300. The van der Waals surface area contributed by atoms with Gasteiger partial charge < -0.3 is 5.48 Å². The summed E-state index contributed by atoms with van der Waals surface area (Å²) < 4.78 is 0. The summed E-state index contributed by atoms with van der Waals surface area (Å²) in [6.07, 6.45) is 9.34. The lowest BCUT2D eigenvalue weighted by Gasteiger charge is -2.11. The van der Waals surface area contributed by atoms with E-state index in [1.165, 1.54) is 32.1 Å². The Morgan fingerprint density at radius 1 is 1.11 bits per heavy atom. The van der Waals surface area contributed by atoms with Gasteiger partial charge in [0.15, 0.2) is 0 Å². The minimum Gasteiger partial charge on any atom is -0.412 e. The van der Waals surface area contributed by atoms with Crippen LogP contribution in [0.1, 0.15) is 39.0 Å². The molecule has 0 unspecified atom stereocenters. The van der Waals surface area contributed by atoms with Gasteiger partial charge in [0.2, 0.25) is 0 Å². The van der Waals surface area contributed by atoms with E-state index in [1.54, 1.807) is 5.57 Å². The summed E-state index contributed by atoms with van der Waals surface area (Å²) in [5.41, 5.74) is 1.68.